The van der Waals surface area contributed by atoms with Crippen LogP contribution in [0, 0.1) is 0 Å². The van der Waals surface area contributed by atoms with Crippen LogP contribution in [-0.4, -0.2) is 21.5 Å². The minimum absolute atomic E-state index is 0.305. The molecule has 98 valence electrons. The van der Waals surface area contributed by atoms with E-state index < -0.39 is 0 Å². The van der Waals surface area contributed by atoms with Crippen molar-refractivity contribution >= 4 is 10.9 Å². The van der Waals surface area contributed by atoms with Gasteiger partial charge in [0.05, 0.1) is 11.9 Å². The topological polar surface area (TPSA) is 70.5 Å². The van der Waals surface area contributed by atoms with Gasteiger partial charge >= 0.3 is 0 Å². The Morgan fingerprint density at radius 1 is 1.32 bits per heavy atom. The molecule has 3 rings (SSSR count). The third kappa shape index (κ3) is 2.04. The van der Waals surface area contributed by atoms with Crippen molar-refractivity contribution in [1.82, 2.24) is 15.0 Å². The van der Waals surface area contributed by atoms with Crippen molar-refractivity contribution in [3.05, 3.63) is 42.5 Å². The van der Waals surface area contributed by atoms with Gasteiger partial charge in [0.1, 0.15) is 5.82 Å². The maximum atomic E-state index is 5.77. The number of nitrogens with two attached hydrogens (primary N) is 1. The molecule has 0 spiro atoms. The third-order valence-corrected chi connectivity index (χ3v) is 3.64. The van der Waals surface area contributed by atoms with Gasteiger partial charge in [-0.2, -0.15) is 0 Å². The van der Waals surface area contributed by atoms with Gasteiger partial charge in [-0.05, 0) is 12.5 Å². The number of nitrogens with zero attached hydrogens (tertiary/aromatic N) is 1. The Labute approximate surface area is 112 Å². The number of aromatic nitrogens is 3. The normalized spacial score (nSPS) is 12.9. The summed E-state index contributed by atoms with van der Waals surface area (Å²) in [6.45, 7) is 2.75. The van der Waals surface area contributed by atoms with E-state index in [-0.39, 0.29) is 0 Å². The van der Waals surface area contributed by atoms with Crippen LogP contribution in [0.1, 0.15) is 25.1 Å². The first-order chi connectivity index (χ1) is 9.33. The van der Waals surface area contributed by atoms with Gasteiger partial charge in [-0.3, -0.25) is 0 Å². The Hall–Kier alpha value is -2.07. The lowest BCUT2D eigenvalue weighted by Crippen LogP contribution is -2.12. The fourth-order valence-electron chi connectivity index (χ4n) is 2.45. The summed E-state index contributed by atoms with van der Waals surface area (Å²) in [7, 11) is 0. The lowest BCUT2D eigenvalue weighted by Gasteiger charge is -2.07. The Balaban J connectivity index is 2.03. The molecule has 0 amide bonds. The van der Waals surface area contributed by atoms with Gasteiger partial charge in [0, 0.05) is 35.1 Å². The van der Waals surface area contributed by atoms with E-state index in [4.69, 9.17) is 5.73 Å². The van der Waals surface area contributed by atoms with E-state index in [0.29, 0.717) is 12.5 Å². The SMILES string of the molecule is CCC(CN)c1ncc(-c2c[nH]c3ccccc23)[nH]1. The van der Waals surface area contributed by atoms with E-state index in [0.717, 1.165) is 29.0 Å². The smallest absolute Gasteiger partial charge is 0.110 e. The van der Waals surface area contributed by atoms with E-state index in [2.05, 4.69) is 34.0 Å². The molecular formula is C15H18N4. The number of benzene rings is 1. The van der Waals surface area contributed by atoms with Crippen LogP contribution in [0.2, 0.25) is 0 Å². The summed E-state index contributed by atoms with van der Waals surface area (Å²) in [5.41, 5.74) is 9.10. The number of nitrogens with one attached hydrogen (secondary N) is 2. The molecule has 1 atom stereocenters. The minimum Gasteiger partial charge on any atom is -0.360 e. The molecule has 0 bridgehead atoms. The maximum absolute atomic E-state index is 5.77. The molecule has 4 nitrogen and oxygen atoms in total. The summed E-state index contributed by atoms with van der Waals surface area (Å²) < 4.78 is 0. The standard InChI is InChI=1S/C15H18N4/c1-2-10(7-16)15-18-9-14(19-15)12-8-17-13-6-4-3-5-11(12)13/h3-6,8-10,17H,2,7,16H2,1H3,(H,18,19). The monoisotopic (exact) mass is 254 g/mol. The van der Waals surface area contributed by atoms with Gasteiger partial charge in [-0.1, -0.05) is 25.1 Å². The highest BCUT2D eigenvalue weighted by Gasteiger charge is 2.13. The van der Waals surface area contributed by atoms with E-state index in [1.165, 1.54) is 5.39 Å². The predicted molar refractivity (Wildman–Crippen MR) is 78.0 cm³/mol. The fraction of sp³-hybridized carbons (Fsp3) is 0.267. The summed E-state index contributed by atoms with van der Waals surface area (Å²) in [5.74, 6) is 1.28. The molecule has 0 aliphatic rings. The molecule has 0 saturated heterocycles. The summed E-state index contributed by atoms with van der Waals surface area (Å²) in [4.78, 5) is 11.2. The van der Waals surface area contributed by atoms with Crippen LogP contribution in [0.5, 0.6) is 0 Å². The molecule has 19 heavy (non-hydrogen) atoms. The summed E-state index contributed by atoms with van der Waals surface area (Å²) in [6, 6.07) is 8.26. The molecule has 0 aliphatic heterocycles. The Morgan fingerprint density at radius 3 is 2.95 bits per heavy atom. The number of imidazole rings is 1. The van der Waals surface area contributed by atoms with Crippen molar-refractivity contribution in [2.45, 2.75) is 19.3 Å². The van der Waals surface area contributed by atoms with Crippen molar-refractivity contribution in [2.24, 2.45) is 5.73 Å². The molecule has 0 fully saturated rings. The number of H-pyrrole nitrogens is 2. The second-order valence-electron chi connectivity index (χ2n) is 4.77. The molecule has 2 aromatic heterocycles. The lowest BCUT2D eigenvalue weighted by molar-refractivity contribution is 0.639. The zero-order valence-corrected chi connectivity index (χ0v) is 11.0. The van der Waals surface area contributed by atoms with E-state index in [1.807, 2.05) is 24.5 Å². The van der Waals surface area contributed by atoms with Crippen LogP contribution in [0.15, 0.2) is 36.7 Å². The molecule has 1 unspecified atom stereocenters. The highest BCUT2D eigenvalue weighted by atomic mass is 14.9. The van der Waals surface area contributed by atoms with Crippen LogP contribution in [0.25, 0.3) is 22.2 Å². The van der Waals surface area contributed by atoms with Crippen LogP contribution in [-0.2, 0) is 0 Å². The first-order valence-electron chi connectivity index (χ1n) is 6.65. The first kappa shape index (κ1) is 12.0. The van der Waals surface area contributed by atoms with E-state index >= 15 is 0 Å². The van der Waals surface area contributed by atoms with Crippen molar-refractivity contribution in [1.29, 1.82) is 0 Å². The highest BCUT2D eigenvalue weighted by molar-refractivity contribution is 5.94. The zero-order chi connectivity index (χ0) is 13.2. The van der Waals surface area contributed by atoms with Crippen molar-refractivity contribution in [2.75, 3.05) is 6.54 Å². The van der Waals surface area contributed by atoms with Gasteiger partial charge in [-0.25, -0.2) is 4.98 Å². The zero-order valence-electron chi connectivity index (χ0n) is 11.0. The molecule has 3 aromatic rings. The van der Waals surface area contributed by atoms with Crippen molar-refractivity contribution in [3.8, 4) is 11.3 Å². The van der Waals surface area contributed by atoms with Gasteiger partial charge in [-0.15, -0.1) is 0 Å². The minimum atomic E-state index is 0.305. The Bertz CT molecular complexity index is 676. The van der Waals surface area contributed by atoms with Crippen LogP contribution in [0.3, 0.4) is 0 Å². The lowest BCUT2D eigenvalue weighted by atomic mass is 10.1. The van der Waals surface area contributed by atoms with Gasteiger partial charge < -0.3 is 15.7 Å². The van der Waals surface area contributed by atoms with Gasteiger partial charge in [0.15, 0.2) is 0 Å². The van der Waals surface area contributed by atoms with Crippen LogP contribution >= 0.6 is 0 Å². The summed E-state index contributed by atoms with van der Waals surface area (Å²) >= 11 is 0. The Morgan fingerprint density at radius 2 is 2.16 bits per heavy atom. The molecular weight excluding hydrogens is 236 g/mol. The van der Waals surface area contributed by atoms with Gasteiger partial charge in [0.2, 0.25) is 0 Å². The number of hydrogen-bond acceptors (Lipinski definition) is 2. The fourth-order valence-corrected chi connectivity index (χ4v) is 2.45. The highest BCUT2D eigenvalue weighted by Crippen LogP contribution is 2.28. The molecule has 1 aromatic carbocycles. The summed E-state index contributed by atoms with van der Waals surface area (Å²) in [6.07, 6.45) is 4.91. The van der Waals surface area contributed by atoms with Crippen LogP contribution in [0.4, 0.5) is 0 Å². The Kier molecular flexibility index (Phi) is 3.09. The third-order valence-electron chi connectivity index (χ3n) is 3.64. The second-order valence-corrected chi connectivity index (χ2v) is 4.77. The van der Waals surface area contributed by atoms with Gasteiger partial charge in [0.25, 0.3) is 0 Å². The molecule has 4 N–H and O–H groups in total. The largest absolute Gasteiger partial charge is 0.360 e. The van der Waals surface area contributed by atoms with E-state index in [9.17, 15) is 0 Å². The molecule has 0 aliphatic carbocycles. The van der Waals surface area contributed by atoms with Crippen molar-refractivity contribution in [3.63, 3.8) is 0 Å². The molecule has 0 saturated carbocycles. The average molecular weight is 254 g/mol. The predicted octanol–water partition coefficient (Wildman–Crippen LogP) is 3.01. The maximum Gasteiger partial charge on any atom is 0.110 e. The molecule has 0 radical (unpaired) electrons. The van der Waals surface area contributed by atoms with Crippen molar-refractivity contribution < 1.29 is 0 Å². The second kappa shape index (κ2) is 4.90. The number of para-hydroxylation sites is 1. The quantitative estimate of drug-likeness (QED) is 0.669. The van der Waals surface area contributed by atoms with E-state index in [1.54, 1.807) is 0 Å². The number of aromatic amines is 2. The van der Waals surface area contributed by atoms with Crippen LogP contribution < -0.4 is 5.73 Å². The number of hydrogen-bond donors (Lipinski definition) is 3. The first-order valence-corrected chi connectivity index (χ1v) is 6.65. The average Bonchev–Trinajstić information content (AvgIpc) is 3.06. The summed E-state index contributed by atoms with van der Waals surface area (Å²) in [5, 5.41) is 1.21. The number of rotatable bonds is 4. The number of fused-ring (bicyclic) bond motifs is 1. The molecule has 4 heteroatoms. The molecule has 2 heterocycles.